The lowest BCUT2D eigenvalue weighted by Crippen LogP contribution is -2.57. The van der Waals surface area contributed by atoms with Gasteiger partial charge >= 0.3 is 0 Å². The summed E-state index contributed by atoms with van der Waals surface area (Å²) in [6.07, 6.45) is 5.25. The average molecular weight is 473 g/mol. The van der Waals surface area contributed by atoms with Crippen LogP contribution in [0.2, 0.25) is 0 Å². The molecule has 0 N–H and O–H groups in total. The van der Waals surface area contributed by atoms with Crippen LogP contribution in [0, 0.1) is 17.2 Å². The van der Waals surface area contributed by atoms with Gasteiger partial charge in [-0.3, -0.25) is 9.78 Å². The number of carbonyl (C=O) groups is 1. The fourth-order valence-corrected chi connectivity index (χ4v) is 5.70. The van der Waals surface area contributed by atoms with E-state index >= 15 is 0 Å². The maximum Gasteiger partial charge on any atom is 0.228 e. The third-order valence-corrected chi connectivity index (χ3v) is 7.81. The van der Waals surface area contributed by atoms with Gasteiger partial charge in [-0.05, 0) is 73.4 Å². The Morgan fingerprint density at radius 3 is 2.71 bits per heavy atom. The molecule has 1 aromatic heterocycles. The second-order valence-corrected chi connectivity index (χ2v) is 11.3. The highest BCUT2D eigenvalue weighted by molar-refractivity contribution is 5.79. The summed E-state index contributed by atoms with van der Waals surface area (Å²) in [7, 11) is 0. The van der Waals surface area contributed by atoms with E-state index in [9.17, 15) is 10.1 Å². The van der Waals surface area contributed by atoms with Gasteiger partial charge in [0.15, 0.2) is 0 Å². The van der Waals surface area contributed by atoms with E-state index in [1.165, 1.54) is 29.5 Å². The molecule has 6 nitrogen and oxygen atoms in total. The van der Waals surface area contributed by atoms with Crippen LogP contribution < -0.4 is 4.90 Å². The molecule has 1 unspecified atom stereocenters. The van der Waals surface area contributed by atoms with Gasteiger partial charge in [0.25, 0.3) is 0 Å². The molecule has 1 atom stereocenters. The molecule has 3 aliphatic rings. The molecule has 1 aliphatic carbocycles. The number of fused-ring (bicyclic) bond motifs is 1. The van der Waals surface area contributed by atoms with Crippen LogP contribution in [0.25, 0.3) is 0 Å². The van der Waals surface area contributed by atoms with Gasteiger partial charge in [-0.1, -0.05) is 19.9 Å². The van der Waals surface area contributed by atoms with Crippen molar-refractivity contribution in [1.82, 2.24) is 9.88 Å². The van der Waals surface area contributed by atoms with Gasteiger partial charge in [-0.2, -0.15) is 5.26 Å². The minimum Gasteiger partial charge on any atom is -0.371 e. The summed E-state index contributed by atoms with van der Waals surface area (Å²) in [6, 6.07) is 10.6. The number of pyridine rings is 1. The van der Waals surface area contributed by atoms with Gasteiger partial charge in [0, 0.05) is 37.9 Å². The number of benzene rings is 1. The summed E-state index contributed by atoms with van der Waals surface area (Å²) in [4.78, 5) is 22.0. The summed E-state index contributed by atoms with van der Waals surface area (Å²) in [6.45, 7) is 11.3. The number of nitrogens with zero attached hydrogens (tertiary/aromatic N) is 4. The minimum absolute atomic E-state index is 0.0895. The van der Waals surface area contributed by atoms with Crippen LogP contribution in [0.3, 0.4) is 0 Å². The van der Waals surface area contributed by atoms with Crippen molar-refractivity contribution < 1.29 is 9.53 Å². The smallest absolute Gasteiger partial charge is 0.228 e. The monoisotopic (exact) mass is 472 g/mol. The number of hydrogen-bond acceptors (Lipinski definition) is 5. The predicted molar refractivity (Wildman–Crippen MR) is 136 cm³/mol. The van der Waals surface area contributed by atoms with Gasteiger partial charge in [0.05, 0.1) is 35.9 Å². The lowest BCUT2D eigenvalue weighted by atomic mass is 9.83. The summed E-state index contributed by atoms with van der Waals surface area (Å²) >= 11 is 0. The molecular weight excluding hydrogens is 436 g/mol. The Bertz CT molecular complexity index is 1150. The molecular formula is C29H36N4O2. The van der Waals surface area contributed by atoms with E-state index in [4.69, 9.17) is 4.74 Å². The summed E-state index contributed by atoms with van der Waals surface area (Å²) in [5, 5.41) is 10.3. The Balaban J connectivity index is 1.45. The molecule has 5 rings (SSSR count). The number of carbonyl (C=O) groups excluding carboxylic acids is 1. The van der Waals surface area contributed by atoms with Gasteiger partial charge in [-0.15, -0.1) is 0 Å². The quantitative estimate of drug-likeness (QED) is 0.636. The SMILES string of the molecule is CC(C)C1CN(c2cc(C3CC3)c3c(c2C#N)CC(C)(C)OC3)CCN1C(=O)Cc1ccccn1. The van der Waals surface area contributed by atoms with Gasteiger partial charge in [-0.25, -0.2) is 0 Å². The topological polar surface area (TPSA) is 69.5 Å². The van der Waals surface area contributed by atoms with Crippen LogP contribution in [0.15, 0.2) is 30.5 Å². The zero-order valence-electron chi connectivity index (χ0n) is 21.4. The standard InChI is InChI=1S/C29H36N4O2/c1-19(2)27-17-32(11-12-33(27)28(34)13-21-7-5-6-10-31-21)26-14-22(20-8-9-20)25-18-35-29(3,4)15-23(25)24(26)16-30/h5-7,10,14,19-20,27H,8-9,11-13,15,17-18H2,1-4H3. The molecule has 0 spiro atoms. The molecule has 3 heterocycles. The van der Waals surface area contributed by atoms with E-state index in [1.54, 1.807) is 6.20 Å². The number of piperazine rings is 1. The van der Waals surface area contributed by atoms with Crippen molar-refractivity contribution >= 4 is 11.6 Å². The zero-order chi connectivity index (χ0) is 24.7. The van der Waals surface area contributed by atoms with Crippen LogP contribution >= 0.6 is 0 Å². The first-order chi connectivity index (χ1) is 16.8. The van der Waals surface area contributed by atoms with Crippen LogP contribution in [0.5, 0.6) is 0 Å². The molecule has 1 amide bonds. The van der Waals surface area contributed by atoms with E-state index in [1.807, 2.05) is 23.1 Å². The first-order valence-electron chi connectivity index (χ1n) is 12.9. The Morgan fingerprint density at radius 1 is 1.26 bits per heavy atom. The van der Waals surface area contributed by atoms with Crippen molar-refractivity contribution in [3.8, 4) is 6.07 Å². The van der Waals surface area contributed by atoms with E-state index in [0.29, 0.717) is 31.4 Å². The van der Waals surface area contributed by atoms with E-state index < -0.39 is 0 Å². The Labute approximate surface area is 208 Å². The van der Waals surface area contributed by atoms with Crippen LogP contribution in [0.1, 0.15) is 74.4 Å². The molecule has 2 fully saturated rings. The zero-order valence-corrected chi connectivity index (χ0v) is 21.4. The number of ether oxygens (including phenoxy) is 1. The average Bonchev–Trinajstić information content (AvgIpc) is 3.68. The molecule has 35 heavy (non-hydrogen) atoms. The molecule has 1 aromatic carbocycles. The molecule has 2 aliphatic heterocycles. The van der Waals surface area contributed by atoms with Crippen molar-refractivity contribution in [2.45, 2.75) is 77.5 Å². The van der Waals surface area contributed by atoms with Gasteiger partial charge < -0.3 is 14.5 Å². The number of anilines is 1. The largest absolute Gasteiger partial charge is 0.371 e. The highest BCUT2D eigenvalue weighted by atomic mass is 16.5. The van der Waals surface area contributed by atoms with Crippen molar-refractivity contribution in [2.24, 2.45) is 5.92 Å². The van der Waals surface area contributed by atoms with E-state index in [2.05, 4.69) is 49.7 Å². The number of aromatic nitrogens is 1. The van der Waals surface area contributed by atoms with E-state index in [-0.39, 0.29) is 17.6 Å². The normalized spacial score (nSPS) is 21.5. The van der Waals surface area contributed by atoms with E-state index in [0.717, 1.165) is 36.5 Å². The maximum absolute atomic E-state index is 13.3. The number of nitriles is 1. The Hall–Kier alpha value is -2.91. The predicted octanol–water partition coefficient (Wildman–Crippen LogP) is 4.60. The molecule has 0 radical (unpaired) electrons. The third-order valence-electron chi connectivity index (χ3n) is 7.81. The highest BCUT2D eigenvalue weighted by Crippen LogP contribution is 2.47. The highest BCUT2D eigenvalue weighted by Gasteiger charge is 2.38. The fraction of sp³-hybridized carbons (Fsp3) is 0.552. The van der Waals surface area contributed by atoms with Gasteiger partial charge in [0.2, 0.25) is 5.91 Å². The summed E-state index contributed by atoms with van der Waals surface area (Å²) < 4.78 is 6.16. The molecule has 1 saturated heterocycles. The lowest BCUT2D eigenvalue weighted by molar-refractivity contribution is -0.134. The number of rotatable bonds is 5. The second kappa shape index (κ2) is 9.28. The van der Waals surface area contributed by atoms with Crippen molar-refractivity contribution in [3.05, 3.63) is 58.4 Å². The first-order valence-corrected chi connectivity index (χ1v) is 12.9. The first kappa shape index (κ1) is 23.8. The minimum atomic E-state index is -0.269. The molecule has 1 saturated carbocycles. The molecule has 184 valence electrons. The Kier molecular flexibility index (Phi) is 6.31. The third kappa shape index (κ3) is 4.79. The summed E-state index contributed by atoms with van der Waals surface area (Å²) in [5.74, 6) is 1.02. The molecule has 2 aromatic rings. The van der Waals surface area contributed by atoms with Crippen molar-refractivity contribution in [3.63, 3.8) is 0 Å². The molecule has 6 heteroatoms. The second-order valence-electron chi connectivity index (χ2n) is 11.3. The summed E-state index contributed by atoms with van der Waals surface area (Å²) in [5.41, 5.74) is 6.19. The molecule has 0 bridgehead atoms. The van der Waals surface area contributed by atoms with Crippen molar-refractivity contribution in [2.75, 3.05) is 24.5 Å². The van der Waals surface area contributed by atoms with Crippen LogP contribution in [-0.2, 0) is 29.0 Å². The van der Waals surface area contributed by atoms with Crippen LogP contribution in [0.4, 0.5) is 5.69 Å². The van der Waals surface area contributed by atoms with Crippen LogP contribution in [-0.4, -0.2) is 47.1 Å². The maximum atomic E-state index is 13.3. The van der Waals surface area contributed by atoms with Gasteiger partial charge in [0.1, 0.15) is 6.07 Å². The Morgan fingerprint density at radius 2 is 2.06 bits per heavy atom. The van der Waals surface area contributed by atoms with Crippen molar-refractivity contribution in [1.29, 1.82) is 5.26 Å². The fourth-order valence-electron chi connectivity index (χ4n) is 5.70. The number of hydrogen-bond donors (Lipinski definition) is 0. The lowest BCUT2D eigenvalue weighted by Gasteiger charge is -2.45. The number of amides is 1.